The van der Waals surface area contributed by atoms with Crippen LogP contribution in [0.15, 0.2) is 41.7 Å². The summed E-state index contributed by atoms with van der Waals surface area (Å²) in [6, 6.07) is 9.96. The van der Waals surface area contributed by atoms with Crippen LogP contribution < -0.4 is 5.56 Å². The molecule has 2 aromatic rings. The van der Waals surface area contributed by atoms with Crippen molar-refractivity contribution < 1.29 is 0 Å². The lowest BCUT2D eigenvalue weighted by Crippen LogP contribution is -2.21. The van der Waals surface area contributed by atoms with Crippen molar-refractivity contribution in [1.82, 2.24) is 9.97 Å². The average Bonchev–Trinajstić information content (AvgIpc) is 2.54. The maximum atomic E-state index is 12.4. The Morgan fingerprint density at radius 3 is 2.50 bits per heavy atom. The Hall–Kier alpha value is -2.38. The number of benzene rings is 1. The Kier molecular flexibility index (Phi) is 5.58. The lowest BCUT2D eigenvalue weighted by Gasteiger charge is -2.14. The molecular formula is C20H24N2OSi. The maximum Gasteiger partial charge on any atom is 0.254 e. The Labute approximate surface area is 144 Å². The van der Waals surface area contributed by atoms with Crippen LogP contribution in [0.2, 0.25) is 19.6 Å². The number of aromatic amines is 1. The van der Waals surface area contributed by atoms with E-state index in [4.69, 9.17) is 0 Å². The van der Waals surface area contributed by atoms with Crippen molar-refractivity contribution >= 4 is 14.1 Å². The van der Waals surface area contributed by atoms with Gasteiger partial charge in [0.1, 0.15) is 19.8 Å². The summed E-state index contributed by atoms with van der Waals surface area (Å²) in [6.45, 7) is 12.3. The summed E-state index contributed by atoms with van der Waals surface area (Å²) in [5.41, 5.74) is 5.65. The molecule has 0 aliphatic heterocycles. The molecule has 2 rings (SSSR count). The molecule has 24 heavy (non-hydrogen) atoms. The standard InChI is InChI=1S/C20H24N2OSi/c1-6-16-18(7-2)21-19(22-20(16)23)17(13-14-24(3,4)5)15-11-9-8-10-12-15/h7-12,17H,2,6H2,1,3-5H3,(H,21,22,23). The molecule has 0 aliphatic carbocycles. The van der Waals surface area contributed by atoms with Gasteiger partial charge in [0.15, 0.2) is 0 Å². The quantitative estimate of drug-likeness (QED) is 0.678. The molecule has 124 valence electrons. The number of aromatic nitrogens is 2. The van der Waals surface area contributed by atoms with E-state index in [2.05, 4.69) is 47.7 Å². The number of hydrogen-bond acceptors (Lipinski definition) is 2. The van der Waals surface area contributed by atoms with E-state index < -0.39 is 8.07 Å². The fourth-order valence-electron chi connectivity index (χ4n) is 2.42. The van der Waals surface area contributed by atoms with Crippen molar-refractivity contribution in [3.05, 3.63) is 69.9 Å². The van der Waals surface area contributed by atoms with Gasteiger partial charge >= 0.3 is 0 Å². The summed E-state index contributed by atoms with van der Waals surface area (Å²) in [7, 11) is -1.54. The fraction of sp³-hybridized carbons (Fsp3) is 0.300. The van der Waals surface area contributed by atoms with Crippen LogP contribution in [0.1, 0.15) is 35.5 Å². The zero-order chi connectivity index (χ0) is 17.7. The topological polar surface area (TPSA) is 45.8 Å². The average molecular weight is 337 g/mol. The number of nitrogens with one attached hydrogen (secondary N) is 1. The molecule has 1 unspecified atom stereocenters. The Morgan fingerprint density at radius 2 is 1.96 bits per heavy atom. The van der Waals surface area contributed by atoms with E-state index in [1.54, 1.807) is 6.08 Å². The first-order chi connectivity index (χ1) is 11.4. The first-order valence-corrected chi connectivity index (χ1v) is 11.7. The van der Waals surface area contributed by atoms with E-state index in [1.165, 1.54) is 0 Å². The van der Waals surface area contributed by atoms with Crippen LogP contribution in [0.5, 0.6) is 0 Å². The number of rotatable bonds is 4. The monoisotopic (exact) mass is 336 g/mol. The molecule has 1 heterocycles. The summed E-state index contributed by atoms with van der Waals surface area (Å²) >= 11 is 0. The molecule has 0 radical (unpaired) electrons. The van der Waals surface area contributed by atoms with Gasteiger partial charge in [-0.1, -0.05) is 69.4 Å². The van der Waals surface area contributed by atoms with Crippen LogP contribution in [0.3, 0.4) is 0 Å². The number of nitrogens with zero attached hydrogens (tertiary/aromatic N) is 1. The highest BCUT2D eigenvalue weighted by atomic mass is 28.3. The maximum absolute atomic E-state index is 12.4. The predicted molar refractivity (Wildman–Crippen MR) is 104 cm³/mol. The molecule has 4 heteroatoms. The minimum Gasteiger partial charge on any atom is -0.309 e. The zero-order valence-electron chi connectivity index (χ0n) is 14.8. The van der Waals surface area contributed by atoms with Crippen LogP contribution in [0, 0.1) is 11.5 Å². The van der Waals surface area contributed by atoms with Crippen molar-refractivity contribution in [3.8, 4) is 11.5 Å². The van der Waals surface area contributed by atoms with Gasteiger partial charge in [-0.15, -0.1) is 5.54 Å². The van der Waals surface area contributed by atoms with Gasteiger partial charge in [-0.2, -0.15) is 0 Å². The third-order valence-corrected chi connectivity index (χ3v) is 4.50. The van der Waals surface area contributed by atoms with Crippen LogP contribution in [-0.4, -0.2) is 18.0 Å². The molecular weight excluding hydrogens is 312 g/mol. The molecule has 1 N–H and O–H groups in total. The summed E-state index contributed by atoms with van der Waals surface area (Å²) in [4.78, 5) is 20.0. The van der Waals surface area contributed by atoms with Crippen molar-refractivity contribution in [2.24, 2.45) is 0 Å². The smallest absolute Gasteiger partial charge is 0.254 e. The molecule has 0 bridgehead atoms. The first kappa shape index (κ1) is 18.0. The highest BCUT2D eigenvalue weighted by Crippen LogP contribution is 2.21. The molecule has 1 aromatic carbocycles. The molecule has 0 spiro atoms. The summed E-state index contributed by atoms with van der Waals surface area (Å²) in [5, 5.41) is 0. The third kappa shape index (κ3) is 4.33. The Balaban J connectivity index is 2.64. The second kappa shape index (κ2) is 7.46. The van der Waals surface area contributed by atoms with E-state index in [1.807, 2.05) is 37.3 Å². The number of hydrogen-bond donors (Lipinski definition) is 1. The first-order valence-electron chi connectivity index (χ1n) is 8.19. The lowest BCUT2D eigenvalue weighted by atomic mass is 9.99. The van der Waals surface area contributed by atoms with Gasteiger partial charge in [-0.05, 0) is 18.1 Å². The molecule has 0 amide bonds. The minimum atomic E-state index is -1.54. The van der Waals surface area contributed by atoms with E-state index in [9.17, 15) is 4.79 Å². The van der Waals surface area contributed by atoms with Crippen LogP contribution in [-0.2, 0) is 6.42 Å². The zero-order valence-corrected chi connectivity index (χ0v) is 15.8. The van der Waals surface area contributed by atoms with Gasteiger partial charge in [0.25, 0.3) is 5.56 Å². The molecule has 1 aromatic heterocycles. The van der Waals surface area contributed by atoms with Crippen molar-refractivity contribution in [2.75, 3.05) is 0 Å². The van der Waals surface area contributed by atoms with E-state index in [-0.39, 0.29) is 11.5 Å². The fourth-order valence-corrected chi connectivity index (χ4v) is 3.00. The SMILES string of the molecule is C=Cc1nc(C(C#C[Si](C)(C)C)c2ccccc2)[nH]c(=O)c1CC. The van der Waals surface area contributed by atoms with Crippen LogP contribution >= 0.6 is 0 Å². The van der Waals surface area contributed by atoms with E-state index in [0.29, 0.717) is 23.5 Å². The van der Waals surface area contributed by atoms with Crippen molar-refractivity contribution in [1.29, 1.82) is 0 Å². The highest BCUT2D eigenvalue weighted by Gasteiger charge is 2.18. The van der Waals surface area contributed by atoms with Gasteiger partial charge in [0.2, 0.25) is 0 Å². The van der Waals surface area contributed by atoms with Crippen LogP contribution in [0.25, 0.3) is 6.08 Å². The van der Waals surface area contributed by atoms with Gasteiger partial charge < -0.3 is 4.98 Å². The van der Waals surface area contributed by atoms with Gasteiger partial charge in [-0.25, -0.2) is 4.98 Å². The van der Waals surface area contributed by atoms with Crippen molar-refractivity contribution in [2.45, 2.75) is 38.9 Å². The molecule has 0 saturated carbocycles. The molecule has 1 atom stereocenters. The minimum absolute atomic E-state index is 0.104. The second-order valence-corrected chi connectivity index (χ2v) is 11.5. The Bertz CT molecular complexity index is 836. The van der Waals surface area contributed by atoms with Gasteiger partial charge in [-0.3, -0.25) is 4.79 Å². The van der Waals surface area contributed by atoms with E-state index in [0.717, 1.165) is 5.56 Å². The summed E-state index contributed by atoms with van der Waals surface area (Å²) in [5.74, 6) is 3.70. The van der Waals surface area contributed by atoms with Gasteiger partial charge in [0.05, 0.1) is 5.69 Å². The second-order valence-electron chi connectivity index (χ2n) is 6.74. The normalized spacial score (nSPS) is 12.2. The predicted octanol–water partition coefficient (Wildman–Crippen LogP) is 3.99. The van der Waals surface area contributed by atoms with Crippen molar-refractivity contribution in [3.63, 3.8) is 0 Å². The lowest BCUT2D eigenvalue weighted by molar-refractivity contribution is 0.857. The van der Waals surface area contributed by atoms with Gasteiger partial charge in [0, 0.05) is 5.56 Å². The summed E-state index contributed by atoms with van der Waals surface area (Å²) < 4.78 is 0. The molecule has 0 saturated heterocycles. The molecule has 0 fully saturated rings. The largest absolute Gasteiger partial charge is 0.309 e. The van der Waals surface area contributed by atoms with E-state index >= 15 is 0 Å². The molecule has 0 aliphatic rings. The molecule has 3 nitrogen and oxygen atoms in total. The highest BCUT2D eigenvalue weighted by molar-refractivity contribution is 6.83. The third-order valence-electron chi connectivity index (χ3n) is 3.61. The number of H-pyrrole nitrogens is 1. The summed E-state index contributed by atoms with van der Waals surface area (Å²) in [6.07, 6.45) is 2.27. The van der Waals surface area contributed by atoms with Crippen LogP contribution in [0.4, 0.5) is 0 Å². The Morgan fingerprint density at radius 1 is 1.29 bits per heavy atom.